The van der Waals surface area contributed by atoms with Gasteiger partial charge >= 0.3 is 0 Å². The van der Waals surface area contributed by atoms with Crippen LogP contribution in [0.15, 0.2) is 12.7 Å². The first kappa shape index (κ1) is 13.2. The van der Waals surface area contributed by atoms with Crippen molar-refractivity contribution in [1.29, 1.82) is 0 Å². The highest BCUT2D eigenvalue weighted by Crippen LogP contribution is 2.09. The lowest BCUT2D eigenvalue weighted by Crippen LogP contribution is -2.45. The average molecular weight is 224 g/mol. The average Bonchev–Trinajstić information content (AvgIpc) is 2.30. The molecule has 0 aliphatic carbocycles. The van der Waals surface area contributed by atoms with Gasteiger partial charge in [-0.05, 0) is 25.8 Å². The summed E-state index contributed by atoms with van der Waals surface area (Å²) >= 11 is 0. The Morgan fingerprint density at radius 3 is 2.94 bits per heavy atom. The Labute approximate surface area is 98.9 Å². The first-order valence-electron chi connectivity index (χ1n) is 6.40. The van der Waals surface area contributed by atoms with Gasteiger partial charge in [-0.25, -0.2) is 0 Å². The van der Waals surface area contributed by atoms with E-state index >= 15 is 0 Å². The molecule has 1 amide bonds. The van der Waals surface area contributed by atoms with E-state index in [0.29, 0.717) is 12.5 Å². The van der Waals surface area contributed by atoms with E-state index in [0.717, 1.165) is 26.1 Å². The molecule has 0 aromatic rings. The van der Waals surface area contributed by atoms with Crippen molar-refractivity contribution >= 4 is 5.91 Å². The minimum absolute atomic E-state index is 0.212. The summed E-state index contributed by atoms with van der Waals surface area (Å²) in [5.74, 6) is 0.212. The summed E-state index contributed by atoms with van der Waals surface area (Å²) in [5.41, 5.74) is 0. The maximum Gasteiger partial charge on any atom is 0.226 e. The van der Waals surface area contributed by atoms with Crippen molar-refractivity contribution in [3.8, 4) is 0 Å². The highest BCUT2D eigenvalue weighted by molar-refractivity contribution is 5.77. The molecule has 16 heavy (non-hydrogen) atoms. The second-order valence-electron chi connectivity index (χ2n) is 4.48. The van der Waals surface area contributed by atoms with Crippen LogP contribution >= 0.6 is 0 Å². The normalized spacial score (nSPS) is 20.4. The zero-order chi connectivity index (χ0) is 11.8. The van der Waals surface area contributed by atoms with E-state index in [4.69, 9.17) is 0 Å². The minimum atomic E-state index is 0.212. The highest BCUT2D eigenvalue weighted by Gasteiger charge is 2.18. The van der Waals surface area contributed by atoms with Gasteiger partial charge in [-0.1, -0.05) is 19.4 Å². The topological polar surface area (TPSA) is 32.3 Å². The number of nitrogens with zero attached hydrogens (tertiary/aromatic N) is 1. The molecule has 1 N–H and O–H groups in total. The fourth-order valence-corrected chi connectivity index (χ4v) is 2.19. The van der Waals surface area contributed by atoms with Crippen molar-refractivity contribution in [2.24, 2.45) is 0 Å². The molecule has 1 heterocycles. The summed E-state index contributed by atoms with van der Waals surface area (Å²) in [4.78, 5) is 13.8. The van der Waals surface area contributed by atoms with Crippen molar-refractivity contribution in [2.75, 3.05) is 19.6 Å². The van der Waals surface area contributed by atoms with Gasteiger partial charge in [-0.2, -0.15) is 0 Å². The highest BCUT2D eigenvalue weighted by atomic mass is 16.2. The lowest BCUT2D eigenvalue weighted by molar-refractivity contribution is -0.130. The third kappa shape index (κ3) is 4.35. The smallest absolute Gasteiger partial charge is 0.226 e. The number of carbonyl (C=O) groups is 1. The molecular weight excluding hydrogens is 200 g/mol. The van der Waals surface area contributed by atoms with Crippen molar-refractivity contribution in [2.45, 2.75) is 45.1 Å². The van der Waals surface area contributed by atoms with E-state index in [1.165, 1.54) is 19.3 Å². The summed E-state index contributed by atoms with van der Waals surface area (Å²) in [6.45, 7) is 8.57. The number of rotatable bonds is 6. The monoisotopic (exact) mass is 224 g/mol. The predicted octanol–water partition coefficient (Wildman–Crippen LogP) is 1.94. The summed E-state index contributed by atoms with van der Waals surface area (Å²) in [6.07, 6.45) is 6.93. The summed E-state index contributed by atoms with van der Waals surface area (Å²) in [6, 6.07) is 0.495. The SMILES string of the molecule is C=CCC(=O)N(CCC)CC1CCCCN1. The summed E-state index contributed by atoms with van der Waals surface area (Å²) in [5, 5.41) is 3.49. The maximum atomic E-state index is 11.8. The molecule has 1 atom stereocenters. The number of carbonyl (C=O) groups excluding carboxylic acids is 1. The zero-order valence-electron chi connectivity index (χ0n) is 10.4. The van der Waals surface area contributed by atoms with E-state index in [1.807, 2.05) is 4.90 Å². The first-order valence-corrected chi connectivity index (χ1v) is 6.40. The van der Waals surface area contributed by atoms with Crippen LogP contribution in [0.3, 0.4) is 0 Å². The van der Waals surface area contributed by atoms with E-state index in [9.17, 15) is 4.79 Å². The molecule has 1 aliphatic heterocycles. The Balaban J connectivity index is 2.41. The van der Waals surface area contributed by atoms with Gasteiger partial charge in [0.05, 0.1) is 0 Å². The van der Waals surface area contributed by atoms with Crippen molar-refractivity contribution in [3.63, 3.8) is 0 Å². The van der Waals surface area contributed by atoms with Gasteiger partial charge in [0.25, 0.3) is 0 Å². The van der Waals surface area contributed by atoms with E-state index < -0.39 is 0 Å². The Kier molecular flexibility index (Phi) is 6.16. The Morgan fingerprint density at radius 1 is 1.56 bits per heavy atom. The molecule has 92 valence electrons. The molecule has 0 aromatic heterocycles. The molecule has 0 spiro atoms. The molecule has 0 bridgehead atoms. The van der Waals surface area contributed by atoms with Gasteiger partial charge < -0.3 is 10.2 Å². The van der Waals surface area contributed by atoms with Crippen molar-refractivity contribution in [3.05, 3.63) is 12.7 Å². The van der Waals surface area contributed by atoms with E-state index in [2.05, 4.69) is 18.8 Å². The molecule has 1 aliphatic rings. The van der Waals surface area contributed by atoms with E-state index in [-0.39, 0.29) is 5.91 Å². The molecule has 1 unspecified atom stereocenters. The second kappa shape index (κ2) is 7.44. The molecule has 1 rings (SSSR count). The van der Waals surface area contributed by atoms with Crippen LogP contribution in [-0.2, 0) is 4.79 Å². The van der Waals surface area contributed by atoms with Gasteiger partial charge in [-0.3, -0.25) is 4.79 Å². The van der Waals surface area contributed by atoms with Gasteiger partial charge in [-0.15, -0.1) is 6.58 Å². The van der Waals surface area contributed by atoms with Crippen LogP contribution in [0.2, 0.25) is 0 Å². The Bertz CT molecular complexity index is 222. The zero-order valence-corrected chi connectivity index (χ0v) is 10.4. The van der Waals surface area contributed by atoms with Crippen LogP contribution in [0.1, 0.15) is 39.0 Å². The standard InChI is InChI=1S/C13H24N2O/c1-3-7-13(16)15(10-4-2)11-12-8-5-6-9-14-12/h3,12,14H,1,4-11H2,2H3. The van der Waals surface area contributed by atoms with Gasteiger partial charge in [0.15, 0.2) is 0 Å². The molecule has 0 aromatic carbocycles. The number of hydrogen-bond acceptors (Lipinski definition) is 2. The fourth-order valence-electron chi connectivity index (χ4n) is 2.19. The third-order valence-electron chi connectivity index (χ3n) is 3.02. The Morgan fingerprint density at radius 2 is 2.38 bits per heavy atom. The summed E-state index contributed by atoms with van der Waals surface area (Å²) in [7, 11) is 0. The van der Waals surface area contributed by atoms with Crippen LogP contribution in [0.25, 0.3) is 0 Å². The molecule has 1 saturated heterocycles. The second-order valence-corrected chi connectivity index (χ2v) is 4.48. The molecule has 0 saturated carbocycles. The van der Waals surface area contributed by atoms with Crippen molar-refractivity contribution < 1.29 is 4.79 Å². The number of amides is 1. The molecule has 3 nitrogen and oxygen atoms in total. The number of piperidine rings is 1. The van der Waals surface area contributed by atoms with Crippen molar-refractivity contribution in [1.82, 2.24) is 10.2 Å². The minimum Gasteiger partial charge on any atom is -0.341 e. The first-order chi connectivity index (χ1) is 7.77. The van der Waals surface area contributed by atoms with Gasteiger partial charge in [0.1, 0.15) is 0 Å². The molecule has 3 heteroatoms. The van der Waals surface area contributed by atoms with Crippen LogP contribution in [-0.4, -0.2) is 36.5 Å². The number of nitrogens with one attached hydrogen (secondary N) is 1. The van der Waals surface area contributed by atoms with Crippen LogP contribution in [0, 0.1) is 0 Å². The fraction of sp³-hybridized carbons (Fsp3) is 0.769. The largest absolute Gasteiger partial charge is 0.341 e. The third-order valence-corrected chi connectivity index (χ3v) is 3.02. The molecular formula is C13H24N2O. The Hall–Kier alpha value is -0.830. The van der Waals surface area contributed by atoms with E-state index in [1.54, 1.807) is 6.08 Å². The van der Waals surface area contributed by atoms with Gasteiger partial charge in [0, 0.05) is 25.6 Å². The van der Waals surface area contributed by atoms with Crippen LogP contribution < -0.4 is 5.32 Å². The molecule has 1 fully saturated rings. The van der Waals surface area contributed by atoms with Gasteiger partial charge in [0.2, 0.25) is 5.91 Å². The summed E-state index contributed by atoms with van der Waals surface area (Å²) < 4.78 is 0. The lowest BCUT2D eigenvalue weighted by atomic mass is 10.0. The number of hydrogen-bond donors (Lipinski definition) is 1. The van der Waals surface area contributed by atoms with Crippen LogP contribution in [0.4, 0.5) is 0 Å². The predicted molar refractivity (Wildman–Crippen MR) is 67.3 cm³/mol. The maximum absolute atomic E-state index is 11.8. The quantitative estimate of drug-likeness (QED) is 0.699. The van der Waals surface area contributed by atoms with Crippen LogP contribution in [0.5, 0.6) is 0 Å². The molecule has 0 radical (unpaired) electrons. The lowest BCUT2D eigenvalue weighted by Gasteiger charge is -2.30.